The van der Waals surface area contributed by atoms with Crippen LogP contribution in [0.3, 0.4) is 0 Å². The van der Waals surface area contributed by atoms with E-state index in [0.717, 1.165) is 32.8 Å². The quantitative estimate of drug-likeness (QED) is 0.385. The van der Waals surface area contributed by atoms with Crippen LogP contribution in [0.2, 0.25) is 5.02 Å². The summed E-state index contributed by atoms with van der Waals surface area (Å²) in [5.41, 5.74) is 5.68. The number of halogens is 2. The molecule has 0 saturated heterocycles. The van der Waals surface area contributed by atoms with E-state index in [1.165, 1.54) is 11.1 Å². The molecule has 0 radical (unpaired) electrons. The van der Waals surface area contributed by atoms with Crippen LogP contribution in [0.15, 0.2) is 48.1 Å². The molecule has 0 fully saturated rings. The first-order valence-electron chi connectivity index (χ1n) is 8.47. The Morgan fingerprint density at radius 2 is 1.86 bits per heavy atom. The van der Waals surface area contributed by atoms with E-state index in [1.807, 2.05) is 18.2 Å². The molecule has 4 rings (SSSR count). The first-order valence-corrected chi connectivity index (χ1v) is 9.73. The summed E-state index contributed by atoms with van der Waals surface area (Å²) in [5, 5.41) is 7.07. The third-order valence-electron chi connectivity index (χ3n) is 4.60. The third-order valence-corrected chi connectivity index (χ3v) is 5.78. The third kappa shape index (κ3) is 3.78. The SMILES string of the molecule is COc1ccc(Nc2ncnc3scc(-c4ccc(C)c(C)c4)c23)cc1Cl.Cl. The lowest BCUT2D eigenvalue weighted by molar-refractivity contribution is 0.415. The molecule has 1 N–H and O–H groups in total. The van der Waals surface area contributed by atoms with Crippen molar-refractivity contribution < 1.29 is 4.74 Å². The molecule has 0 amide bonds. The number of ether oxygens (including phenoxy) is 1. The highest BCUT2D eigenvalue weighted by atomic mass is 35.5. The fourth-order valence-electron chi connectivity index (χ4n) is 2.97. The highest BCUT2D eigenvalue weighted by molar-refractivity contribution is 7.17. The van der Waals surface area contributed by atoms with Crippen molar-refractivity contribution in [1.29, 1.82) is 0 Å². The number of aromatic nitrogens is 2. The molecule has 0 aliphatic carbocycles. The van der Waals surface area contributed by atoms with Crippen LogP contribution in [0, 0.1) is 13.8 Å². The molecule has 28 heavy (non-hydrogen) atoms. The molecule has 0 unspecified atom stereocenters. The second-order valence-corrected chi connectivity index (χ2v) is 7.59. The minimum Gasteiger partial charge on any atom is -0.495 e. The van der Waals surface area contributed by atoms with Gasteiger partial charge in [0.05, 0.1) is 17.5 Å². The lowest BCUT2D eigenvalue weighted by Crippen LogP contribution is -1.96. The normalized spacial score (nSPS) is 10.6. The van der Waals surface area contributed by atoms with E-state index < -0.39 is 0 Å². The Hall–Kier alpha value is -2.34. The standard InChI is InChI=1S/C21H18ClN3OS.ClH/c1-12-4-5-14(8-13(12)2)16-10-27-21-19(16)20(23-11-24-21)25-15-6-7-18(26-3)17(22)9-15;/h4-11H,1-3H3,(H,23,24,25);1H. The van der Waals surface area contributed by atoms with Gasteiger partial charge in [0.1, 0.15) is 22.7 Å². The second kappa shape index (κ2) is 8.35. The zero-order chi connectivity index (χ0) is 19.0. The van der Waals surface area contributed by atoms with E-state index in [9.17, 15) is 0 Å². The first-order chi connectivity index (χ1) is 13.1. The number of aryl methyl sites for hydroxylation is 2. The largest absolute Gasteiger partial charge is 0.495 e. The number of hydrogen-bond donors (Lipinski definition) is 1. The molecule has 0 aliphatic heterocycles. The van der Waals surface area contributed by atoms with Gasteiger partial charge in [0.25, 0.3) is 0 Å². The van der Waals surface area contributed by atoms with Crippen LogP contribution in [0.1, 0.15) is 11.1 Å². The number of hydrogen-bond acceptors (Lipinski definition) is 5. The van der Waals surface area contributed by atoms with Gasteiger partial charge >= 0.3 is 0 Å². The van der Waals surface area contributed by atoms with Crippen LogP contribution in [-0.4, -0.2) is 17.1 Å². The van der Waals surface area contributed by atoms with Gasteiger partial charge < -0.3 is 10.1 Å². The maximum Gasteiger partial charge on any atom is 0.143 e. The molecule has 2 aromatic heterocycles. The summed E-state index contributed by atoms with van der Waals surface area (Å²) >= 11 is 7.87. The second-order valence-electron chi connectivity index (χ2n) is 6.33. The van der Waals surface area contributed by atoms with E-state index in [0.29, 0.717) is 10.8 Å². The van der Waals surface area contributed by atoms with Gasteiger partial charge in [-0.15, -0.1) is 23.7 Å². The number of nitrogens with one attached hydrogen (secondary N) is 1. The van der Waals surface area contributed by atoms with Crippen LogP contribution in [0.5, 0.6) is 5.75 Å². The Balaban J connectivity index is 0.00000225. The molecule has 2 aromatic carbocycles. The van der Waals surface area contributed by atoms with E-state index >= 15 is 0 Å². The summed E-state index contributed by atoms with van der Waals surface area (Å²) in [5.74, 6) is 1.40. The number of benzene rings is 2. The predicted molar refractivity (Wildman–Crippen MR) is 121 cm³/mol. The highest BCUT2D eigenvalue weighted by Crippen LogP contribution is 2.38. The van der Waals surface area contributed by atoms with Gasteiger partial charge in [-0.2, -0.15) is 0 Å². The zero-order valence-electron chi connectivity index (χ0n) is 15.6. The molecule has 4 aromatic rings. The molecule has 0 spiro atoms. The molecule has 144 valence electrons. The molecule has 2 heterocycles. The summed E-state index contributed by atoms with van der Waals surface area (Å²) in [4.78, 5) is 9.86. The van der Waals surface area contributed by atoms with Crippen molar-refractivity contribution in [2.75, 3.05) is 12.4 Å². The maximum atomic E-state index is 6.26. The highest BCUT2D eigenvalue weighted by Gasteiger charge is 2.14. The van der Waals surface area contributed by atoms with Crippen molar-refractivity contribution in [3.05, 3.63) is 64.3 Å². The lowest BCUT2D eigenvalue weighted by Gasteiger charge is -2.11. The average Bonchev–Trinajstić information content (AvgIpc) is 3.09. The van der Waals surface area contributed by atoms with Crippen molar-refractivity contribution in [3.8, 4) is 16.9 Å². The Labute approximate surface area is 179 Å². The van der Waals surface area contributed by atoms with Crippen molar-refractivity contribution in [2.45, 2.75) is 13.8 Å². The van der Waals surface area contributed by atoms with E-state index in [-0.39, 0.29) is 12.4 Å². The number of anilines is 2. The predicted octanol–water partition coefficient (Wildman–Crippen LogP) is 6.80. The zero-order valence-corrected chi connectivity index (χ0v) is 18.0. The molecule has 0 atom stereocenters. The lowest BCUT2D eigenvalue weighted by atomic mass is 10.0. The minimum atomic E-state index is 0. The molecule has 0 saturated carbocycles. The van der Waals surface area contributed by atoms with Crippen LogP contribution in [0.4, 0.5) is 11.5 Å². The average molecular weight is 432 g/mol. The smallest absolute Gasteiger partial charge is 0.143 e. The maximum absolute atomic E-state index is 6.26. The number of fused-ring (bicyclic) bond motifs is 1. The number of nitrogens with zero attached hydrogens (tertiary/aromatic N) is 2. The summed E-state index contributed by atoms with van der Waals surface area (Å²) in [7, 11) is 1.60. The summed E-state index contributed by atoms with van der Waals surface area (Å²) < 4.78 is 5.22. The Morgan fingerprint density at radius 3 is 2.57 bits per heavy atom. The number of methoxy groups -OCH3 is 1. The summed E-state index contributed by atoms with van der Waals surface area (Å²) in [6, 6.07) is 12.1. The van der Waals surface area contributed by atoms with Crippen molar-refractivity contribution in [3.63, 3.8) is 0 Å². The van der Waals surface area contributed by atoms with Gasteiger partial charge in [-0.1, -0.05) is 29.8 Å². The van der Waals surface area contributed by atoms with Crippen LogP contribution in [-0.2, 0) is 0 Å². The van der Waals surface area contributed by atoms with Crippen LogP contribution in [0.25, 0.3) is 21.3 Å². The van der Waals surface area contributed by atoms with Crippen molar-refractivity contribution in [1.82, 2.24) is 9.97 Å². The van der Waals surface area contributed by atoms with Gasteiger partial charge in [0, 0.05) is 16.6 Å². The van der Waals surface area contributed by atoms with Crippen molar-refractivity contribution >= 4 is 57.1 Å². The summed E-state index contributed by atoms with van der Waals surface area (Å²) in [6.07, 6.45) is 1.58. The van der Waals surface area contributed by atoms with E-state index in [1.54, 1.807) is 24.8 Å². The first kappa shape index (κ1) is 20.4. The monoisotopic (exact) mass is 431 g/mol. The molecule has 7 heteroatoms. The summed E-state index contributed by atoms with van der Waals surface area (Å²) in [6.45, 7) is 4.25. The van der Waals surface area contributed by atoms with Gasteiger partial charge in [-0.3, -0.25) is 0 Å². The van der Waals surface area contributed by atoms with E-state index in [4.69, 9.17) is 16.3 Å². The number of thiophene rings is 1. The van der Waals surface area contributed by atoms with E-state index in [2.05, 4.69) is 52.7 Å². The van der Waals surface area contributed by atoms with Crippen LogP contribution >= 0.6 is 35.3 Å². The molecule has 0 bridgehead atoms. The topological polar surface area (TPSA) is 47.0 Å². The number of rotatable bonds is 4. The van der Waals surface area contributed by atoms with Gasteiger partial charge in [0.15, 0.2) is 0 Å². The van der Waals surface area contributed by atoms with Gasteiger partial charge in [-0.25, -0.2) is 9.97 Å². The van der Waals surface area contributed by atoms with Gasteiger partial charge in [0.2, 0.25) is 0 Å². The van der Waals surface area contributed by atoms with Crippen LogP contribution < -0.4 is 10.1 Å². The Bertz CT molecular complexity index is 1140. The Morgan fingerprint density at radius 1 is 1.04 bits per heavy atom. The molecular weight excluding hydrogens is 413 g/mol. The van der Waals surface area contributed by atoms with Gasteiger partial charge in [-0.05, 0) is 48.7 Å². The fourth-order valence-corrected chi connectivity index (χ4v) is 4.15. The van der Waals surface area contributed by atoms with Crippen molar-refractivity contribution in [2.24, 2.45) is 0 Å². The minimum absolute atomic E-state index is 0. The fraction of sp³-hybridized carbons (Fsp3) is 0.143. The Kier molecular flexibility index (Phi) is 6.08. The molecule has 4 nitrogen and oxygen atoms in total. The molecule has 0 aliphatic rings. The molecular formula is C21H19Cl2N3OS.